The molecule has 0 aliphatic heterocycles. The summed E-state index contributed by atoms with van der Waals surface area (Å²) >= 11 is 1.63. The van der Waals surface area contributed by atoms with E-state index >= 15 is 0 Å². The first-order valence-electron chi connectivity index (χ1n) is 8.42. The third-order valence-electron chi connectivity index (χ3n) is 4.40. The molecule has 0 spiro atoms. The summed E-state index contributed by atoms with van der Waals surface area (Å²) in [5.41, 5.74) is 1.06. The normalized spacial score (nSPS) is 15.2. The number of thioether (sulfide) groups is 1. The monoisotopic (exact) mass is 342 g/mol. The number of hydrogen-bond acceptors (Lipinski definition) is 5. The first kappa shape index (κ1) is 16.8. The van der Waals surface area contributed by atoms with Gasteiger partial charge < -0.3 is 4.74 Å². The summed E-state index contributed by atoms with van der Waals surface area (Å²) < 4.78 is 7.54. The molecule has 0 bridgehead atoms. The Morgan fingerprint density at radius 3 is 2.62 bits per heavy atom. The second-order valence-electron chi connectivity index (χ2n) is 5.95. The highest BCUT2D eigenvalue weighted by Gasteiger charge is 2.23. The average molecular weight is 342 g/mol. The molecule has 6 heteroatoms. The highest BCUT2D eigenvalue weighted by atomic mass is 32.2. The van der Waals surface area contributed by atoms with Crippen LogP contribution in [0.5, 0.6) is 5.75 Å². The van der Waals surface area contributed by atoms with Gasteiger partial charge in [0.1, 0.15) is 5.75 Å². The molecule has 1 aromatic carbocycles. The molecule has 0 N–H and O–H groups in total. The molecule has 0 atom stereocenters. The Labute approximate surface area is 147 Å². The molecule has 1 heterocycles. The second-order valence-corrected chi connectivity index (χ2v) is 7.02. The van der Waals surface area contributed by atoms with Crippen LogP contribution in [-0.4, -0.2) is 27.6 Å². The number of aromatic nitrogens is 3. The Balaban J connectivity index is 1.93. The van der Waals surface area contributed by atoms with Crippen molar-refractivity contribution < 1.29 is 4.74 Å². The van der Waals surface area contributed by atoms with Crippen molar-refractivity contribution in [1.82, 2.24) is 14.8 Å². The number of nitrogens with zero attached hydrogens (tertiary/aromatic N) is 4. The Bertz CT molecular complexity index is 699. The Kier molecular flexibility index (Phi) is 5.76. The fourth-order valence-corrected chi connectivity index (χ4v) is 4.02. The van der Waals surface area contributed by atoms with Crippen LogP contribution in [-0.2, 0) is 0 Å². The standard InChI is InChI=1S/C18H22N4OS/c1-23-16-10-8-14(9-11-16)17-20-21-18(24-13-5-12-19)22(17)15-6-3-2-4-7-15/h8-11,15H,2-7,13H2,1H3. The largest absolute Gasteiger partial charge is 0.497 e. The lowest BCUT2D eigenvalue weighted by Crippen LogP contribution is -2.15. The van der Waals surface area contributed by atoms with Gasteiger partial charge in [0.2, 0.25) is 0 Å². The predicted octanol–water partition coefficient (Wildman–Crippen LogP) is 4.46. The Morgan fingerprint density at radius 1 is 1.21 bits per heavy atom. The molecule has 2 aromatic rings. The van der Waals surface area contributed by atoms with E-state index in [0.717, 1.165) is 28.0 Å². The molecular weight excluding hydrogens is 320 g/mol. The fourth-order valence-electron chi connectivity index (χ4n) is 3.17. The summed E-state index contributed by atoms with van der Waals surface area (Å²) in [4.78, 5) is 0. The topological polar surface area (TPSA) is 63.7 Å². The van der Waals surface area contributed by atoms with Crippen molar-refractivity contribution in [2.75, 3.05) is 12.9 Å². The van der Waals surface area contributed by atoms with Crippen LogP contribution in [0.25, 0.3) is 11.4 Å². The van der Waals surface area contributed by atoms with Gasteiger partial charge in [0.05, 0.1) is 13.2 Å². The van der Waals surface area contributed by atoms with E-state index in [1.807, 2.05) is 24.3 Å². The molecule has 1 aliphatic rings. The van der Waals surface area contributed by atoms with Crippen molar-refractivity contribution in [2.24, 2.45) is 0 Å². The number of nitriles is 1. The van der Waals surface area contributed by atoms with Gasteiger partial charge in [0.15, 0.2) is 11.0 Å². The lowest BCUT2D eigenvalue weighted by Gasteiger charge is -2.25. The van der Waals surface area contributed by atoms with Crippen LogP contribution < -0.4 is 4.74 Å². The summed E-state index contributed by atoms with van der Waals surface area (Å²) in [6.07, 6.45) is 6.70. The molecule has 0 radical (unpaired) electrons. The van der Waals surface area contributed by atoms with E-state index in [1.165, 1.54) is 32.1 Å². The maximum Gasteiger partial charge on any atom is 0.191 e. The molecule has 24 heavy (non-hydrogen) atoms. The summed E-state index contributed by atoms with van der Waals surface area (Å²) in [5.74, 6) is 2.51. The van der Waals surface area contributed by atoms with Gasteiger partial charge in [0.25, 0.3) is 0 Å². The third-order valence-corrected chi connectivity index (χ3v) is 5.34. The van der Waals surface area contributed by atoms with Crippen LogP contribution in [0.2, 0.25) is 0 Å². The highest BCUT2D eigenvalue weighted by molar-refractivity contribution is 7.99. The van der Waals surface area contributed by atoms with E-state index in [2.05, 4.69) is 20.8 Å². The van der Waals surface area contributed by atoms with Crippen molar-refractivity contribution in [2.45, 2.75) is 49.7 Å². The van der Waals surface area contributed by atoms with Crippen LogP contribution >= 0.6 is 11.8 Å². The van der Waals surface area contributed by atoms with Gasteiger partial charge in [-0.25, -0.2) is 0 Å². The molecule has 0 amide bonds. The molecule has 1 aliphatic carbocycles. The van der Waals surface area contributed by atoms with Gasteiger partial charge >= 0.3 is 0 Å². The minimum Gasteiger partial charge on any atom is -0.497 e. The smallest absolute Gasteiger partial charge is 0.191 e. The quantitative estimate of drug-likeness (QED) is 0.572. The molecule has 1 aromatic heterocycles. The maximum absolute atomic E-state index is 8.78. The number of rotatable bonds is 6. The van der Waals surface area contributed by atoms with Crippen LogP contribution in [0, 0.1) is 11.3 Å². The molecule has 5 nitrogen and oxygen atoms in total. The van der Waals surface area contributed by atoms with E-state index in [-0.39, 0.29) is 0 Å². The molecule has 1 saturated carbocycles. The molecular formula is C18H22N4OS. The lowest BCUT2D eigenvalue weighted by atomic mass is 9.95. The lowest BCUT2D eigenvalue weighted by molar-refractivity contribution is 0.339. The highest BCUT2D eigenvalue weighted by Crippen LogP contribution is 2.35. The second kappa shape index (κ2) is 8.20. The van der Waals surface area contributed by atoms with Crippen molar-refractivity contribution in [3.63, 3.8) is 0 Å². The summed E-state index contributed by atoms with van der Waals surface area (Å²) in [7, 11) is 1.67. The van der Waals surface area contributed by atoms with Gasteiger partial charge in [0, 0.05) is 23.8 Å². The first-order chi connectivity index (χ1) is 11.8. The van der Waals surface area contributed by atoms with Crippen LogP contribution in [0.15, 0.2) is 29.4 Å². The Hall–Kier alpha value is -2.00. The van der Waals surface area contributed by atoms with Crippen molar-refractivity contribution in [1.29, 1.82) is 5.26 Å². The van der Waals surface area contributed by atoms with Gasteiger partial charge in [-0.05, 0) is 37.1 Å². The molecule has 3 rings (SSSR count). The number of methoxy groups -OCH3 is 1. The molecule has 126 valence electrons. The van der Waals surface area contributed by atoms with Gasteiger partial charge in [-0.15, -0.1) is 10.2 Å². The minimum atomic E-state index is 0.454. The minimum absolute atomic E-state index is 0.454. The Morgan fingerprint density at radius 2 is 1.96 bits per heavy atom. The van der Waals surface area contributed by atoms with Crippen molar-refractivity contribution in [3.8, 4) is 23.2 Å². The zero-order chi connectivity index (χ0) is 16.8. The zero-order valence-electron chi connectivity index (χ0n) is 13.9. The van der Waals surface area contributed by atoms with Crippen molar-refractivity contribution in [3.05, 3.63) is 24.3 Å². The van der Waals surface area contributed by atoms with E-state index in [4.69, 9.17) is 10.00 Å². The number of hydrogen-bond donors (Lipinski definition) is 0. The first-order valence-corrected chi connectivity index (χ1v) is 9.41. The number of benzene rings is 1. The maximum atomic E-state index is 8.78. The summed E-state index contributed by atoms with van der Waals surface area (Å²) in [6.45, 7) is 0. The van der Waals surface area contributed by atoms with Crippen molar-refractivity contribution >= 4 is 11.8 Å². The molecule has 1 fully saturated rings. The van der Waals surface area contributed by atoms with E-state index in [0.29, 0.717) is 12.5 Å². The number of ether oxygens (including phenoxy) is 1. The SMILES string of the molecule is COc1ccc(-c2nnc(SCCC#N)n2C2CCCCC2)cc1. The van der Waals surface area contributed by atoms with Crippen LogP contribution in [0.3, 0.4) is 0 Å². The van der Waals surface area contributed by atoms with E-state index < -0.39 is 0 Å². The van der Waals surface area contributed by atoms with Gasteiger partial charge in [-0.1, -0.05) is 31.0 Å². The zero-order valence-corrected chi connectivity index (χ0v) is 14.8. The van der Waals surface area contributed by atoms with Gasteiger partial charge in [-0.3, -0.25) is 4.57 Å². The van der Waals surface area contributed by atoms with Crippen LogP contribution in [0.4, 0.5) is 0 Å². The fraction of sp³-hybridized carbons (Fsp3) is 0.500. The van der Waals surface area contributed by atoms with Crippen LogP contribution in [0.1, 0.15) is 44.6 Å². The molecule has 0 saturated heterocycles. The predicted molar refractivity (Wildman–Crippen MR) is 95.1 cm³/mol. The average Bonchev–Trinajstić information content (AvgIpc) is 3.06. The molecule has 0 unspecified atom stereocenters. The summed E-state index contributed by atoms with van der Waals surface area (Å²) in [6, 6.07) is 10.6. The summed E-state index contributed by atoms with van der Waals surface area (Å²) in [5, 5.41) is 18.6. The van der Waals surface area contributed by atoms with Gasteiger partial charge in [-0.2, -0.15) is 5.26 Å². The van der Waals surface area contributed by atoms with E-state index in [9.17, 15) is 0 Å². The third kappa shape index (κ3) is 3.73. The van der Waals surface area contributed by atoms with E-state index in [1.54, 1.807) is 18.9 Å².